The van der Waals surface area contributed by atoms with Gasteiger partial charge in [-0.2, -0.15) is 0 Å². The Morgan fingerprint density at radius 2 is 2.10 bits per heavy atom. The maximum atomic E-state index is 11.0. The van der Waals surface area contributed by atoms with Crippen molar-refractivity contribution in [3.8, 4) is 0 Å². The lowest BCUT2D eigenvalue weighted by Gasteiger charge is -2.32. The number of nitro groups is 1. The first-order chi connectivity index (χ1) is 9.47. The highest BCUT2D eigenvalue weighted by Gasteiger charge is 2.24. The van der Waals surface area contributed by atoms with Crippen molar-refractivity contribution < 1.29 is 4.92 Å². The van der Waals surface area contributed by atoms with E-state index in [0.29, 0.717) is 29.1 Å². The molecule has 0 spiro atoms. The van der Waals surface area contributed by atoms with Gasteiger partial charge in [0.25, 0.3) is 5.69 Å². The zero-order valence-corrected chi connectivity index (χ0v) is 12.7. The van der Waals surface area contributed by atoms with Crippen LogP contribution in [0.1, 0.15) is 38.7 Å². The predicted octanol–water partition coefficient (Wildman–Crippen LogP) is 4.16. The highest BCUT2D eigenvalue weighted by atomic mass is 35.5. The van der Waals surface area contributed by atoms with Crippen LogP contribution in [0.15, 0.2) is 18.2 Å². The third kappa shape index (κ3) is 3.70. The minimum absolute atomic E-state index is 0.0993. The molecule has 3 atom stereocenters. The summed E-state index contributed by atoms with van der Waals surface area (Å²) in [6.45, 7) is 5.10. The van der Waals surface area contributed by atoms with Crippen molar-refractivity contribution in [1.82, 2.24) is 5.32 Å². The lowest BCUT2D eigenvalue weighted by atomic mass is 9.79. The van der Waals surface area contributed by atoms with Crippen LogP contribution in [0.2, 0.25) is 5.02 Å². The molecule has 0 amide bonds. The van der Waals surface area contributed by atoms with Crippen molar-refractivity contribution in [1.29, 1.82) is 0 Å². The van der Waals surface area contributed by atoms with Crippen molar-refractivity contribution in [2.45, 2.75) is 45.7 Å². The molecule has 0 heterocycles. The fraction of sp³-hybridized carbons (Fsp3) is 0.600. The van der Waals surface area contributed by atoms with Crippen LogP contribution in [0.5, 0.6) is 0 Å². The molecule has 1 aromatic carbocycles. The summed E-state index contributed by atoms with van der Waals surface area (Å²) < 4.78 is 0. The molecule has 110 valence electrons. The summed E-state index contributed by atoms with van der Waals surface area (Å²) in [7, 11) is 0. The lowest BCUT2D eigenvalue weighted by Crippen LogP contribution is -2.35. The maximum Gasteiger partial charge on any atom is 0.275 e. The first-order valence-corrected chi connectivity index (χ1v) is 7.51. The Morgan fingerprint density at radius 1 is 1.35 bits per heavy atom. The molecule has 4 nitrogen and oxygen atoms in total. The molecule has 1 fully saturated rings. The maximum absolute atomic E-state index is 11.0. The molecule has 1 N–H and O–H groups in total. The van der Waals surface area contributed by atoms with Gasteiger partial charge in [-0.05, 0) is 43.2 Å². The van der Waals surface area contributed by atoms with Crippen molar-refractivity contribution in [3.63, 3.8) is 0 Å². The van der Waals surface area contributed by atoms with Crippen LogP contribution in [0.3, 0.4) is 0 Å². The molecule has 0 radical (unpaired) electrons. The molecule has 3 unspecified atom stereocenters. The van der Waals surface area contributed by atoms with Crippen LogP contribution in [0.25, 0.3) is 0 Å². The molecular formula is C15H21ClN2O2. The molecule has 20 heavy (non-hydrogen) atoms. The van der Waals surface area contributed by atoms with E-state index in [-0.39, 0.29) is 10.6 Å². The van der Waals surface area contributed by atoms with Crippen molar-refractivity contribution in [3.05, 3.63) is 38.9 Å². The molecule has 0 bridgehead atoms. The number of hydrogen-bond acceptors (Lipinski definition) is 3. The van der Waals surface area contributed by atoms with Crippen molar-refractivity contribution >= 4 is 17.3 Å². The molecule has 2 rings (SSSR count). The highest BCUT2D eigenvalue weighted by Crippen LogP contribution is 2.30. The number of hydrogen-bond donors (Lipinski definition) is 1. The summed E-state index contributed by atoms with van der Waals surface area (Å²) in [5, 5.41) is 14.9. The van der Waals surface area contributed by atoms with Crippen molar-refractivity contribution in [2.75, 3.05) is 0 Å². The fourth-order valence-corrected chi connectivity index (χ4v) is 3.01. The molecule has 0 aromatic heterocycles. The Kier molecular flexibility index (Phi) is 5.00. The van der Waals surface area contributed by atoms with Gasteiger partial charge in [0.2, 0.25) is 0 Å². The van der Waals surface area contributed by atoms with Crippen molar-refractivity contribution in [2.24, 2.45) is 11.8 Å². The number of rotatable bonds is 4. The largest absolute Gasteiger partial charge is 0.310 e. The summed E-state index contributed by atoms with van der Waals surface area (Å²) in [6.07, 6.45) is 3.51. The second-order valence-electron chi connectivity index (χ2n) is 5.88. The Balaban J connectivity index is 1.99. The van der Waals surface area contributed by atoms with E-state index in [4.69, 9.17) is 11.6 Å². The number of nitrogens with one attached hydrogen (secondary N) is 1. The smallest absolute Gasteiger partial charge is 0.275 e. The van der Waals surface area contributed by atoms with Crippen LogP contribution in [0, 0.1) is 22.0 Å². The van der Waals surface area contributed by atoms with Crippen LogP contribution >= 0.6 is 11.6 Å². The minimum atomic E-state index is -0.367. The zero-order valence-electron chi connectivity index (χ0n) is 11.9. The van der Waals surface area contributed by atoms with E-state index in [0.717, 1.165) is 18.8 Å². The standard InChI is InChI=1S/C15H21ClN2O2/c1-10-3-6-14(7-11(10)2)17-9-12-4-5-13(16)8-15(12)18(19)20/h4-5,8,10-11,14,17H,3,6-7,9H2,1-2H3. The Labute approximate surface area is 124 Å². The Bertz CT molecular complexity index is 493. The van der Waals surface area contributed by atoms with Gasteiger partial charge >= 0.3 is 0 Å². The average molecular weight is 297 g/mol. The van der Waals surface area contributed by atoms with E-state index in [1.54, 1.807) is 12.1 Å². The summed E-state index contributed by atoms with van der Waals surface area (Å²) in [5.41, 5.74) is 0.799. The summed E-state index contributed by atoms with van der Waals surface area (Å²) >= 11 is 5.82. The summed E-state index contributed by atoms with van der Waals surface area (Å²) in [6, 6.07) is 5.32. The van der Waals surface area contributed by atoms with Gasteiger partial charge in [-0.3, -0.25) is 10.1 Å². The summed E-state index contributed by atoms with van der Waals surface area (Å²) in [4.78, 5) is 10.7. The van der Waals surface area contributed by atoms with Crippen LogP contribution < -0.4 is 5.32 Å². The molecule has 1 aliphatic carbocycles. The number of nitro benzene ring substituents is 1. The van der Waals surface area contributed by atoms with Gasteiger partial charge < -0.3 is 5.32 Å². The van der Waals surface area contributed by atoms with Gasteiger partial charge in [0.05, 0.1) is 4.92 Å². The van der Waals surface area contributed by atoms with Crippen LogP contribution in [-0.2, 0) is 6.54 Å². The summed E-state index contributed by atoms with van der Waals surface area (Å²) in [5.74, 6) is 1.49. The van der Waals surface area contributed by atoms with Gasteiger partial charge in [0, 0.05) is 29.2 Å². The second kappa shape index (κ2) is 6.55. The average Bonchev–Trinajstić information content (AvgIpc) is 2.41. The molecule has 5 heteroatoms. The van der Waals surface area contributed by atoms with E-state index in [9.17, 15) is 10.1 Å². The van der Waals surface area contributed by atoms with E-state index in [1.165, 1.54) is 12.5 Å². The first kappa shape index (κ1) is 15.3. The van der Waals surface area contributed by atoms with Gasteiger partial charge in [-0.15, -0.1) is 0 Å². The van der Waals surface area contributed by atoms with Gasteiger partial charge in [-0.25, -0.2) is 0 Å². The molecule has 0 saturated heterocycles. The molecular weight excluding hydrogens is 276 g/mol. The van der Waals surface area contributed by atoms with E-state index in [1.807, 2.05) is 0 Å². The molecule has 1 aliphatic rings. The SMILES string of the molecule is CC1CCC(NCc2ccc(Cl)cc2[N+](=O)[O-])CC1C. The zero-order chi connectivity index (χ0) is 14.7. The van der Waals surface area contributed by atoms with Crippen LogP contribution in [0.4, 0.5) is 5.69 Å². The molecule has 0 aliphatic heterocycles. The van der Waals surface area contributed by atoms with E-state index < -0.39 is 0 Å². The van der Waals surface area contributed by atoms with Gasteiger partial charge in [0.15, 0.2) is 0 Å². The Morgan fingerprint density at radius 3 is 2.75 bits per heavy atom. The third-order valence-corrected chi connectivity index (χ3v) is 4.66. The monoisotopic (exact) mass is 296 g/mol. The number of nitrogens with zero attached hydrogens (tertiary/aromatic N) is 1. The second-order valence-corrected chi connectivity index (χ2v) is 6.31. The minimum Gasteiger partial charge on any atom is -0.310 e. The third-order valence-electron chi connectivity index (χ3n) is 4.42. The van der Waals surface area contributed by atoms with Crippen LogP contribution in [-0.4, -0.2) is 11.0 Å². The van der Waals surface area contributed by atoms with E-state index in [2.05, 4.69) is 19.2 Å². The first-order valence-electron chi connectivity index (χ1n) is 7.13. The molecule has 1 saturated carbocycles. The Hall–Kier alpha value is -1.13. The number of halogens is 1. The van der Waals surface area contributed by atoms with Gasteiger partial charge in [-0.1, -0.05) is 25.4 Å². The quantitative estimate of drug-likeness (QED) is 0.670. The predicted molar refractivity (Wildman–Crippen MR) is 80.9 cm³/mol. The fourth-order valence-electron chi connectivity index (χ4n) is 2.84. The van der Waals surface area contributed by atoms with Gasteiger partial charge in [0.1, 0.15) is 0 Å². The lowest BCUT2D eigenvalue weighted by molar-refractivity contribution is -0.385. The number of benzene rings is 1. The molecule has 1 aromatic rings. The highest BCUT2D eigenvalue weighted by molar-refractivity contribution is 6.30. The topological polar surface area (TPSA) is 55.2 Å². The normalized spacial score (nSPS) is 26.4. The van der Waals surface area contributed by atoms with E-state index >= 15 is 0 Å².